The molecule has 3 heteroatoms. The van der Waals surface area contributed by atoms with Crippen molar-refractivity contribution in [1.29, 1.82) is 0 Å². The molecule has 0 heterocycles. The number of benzene rings is 2. The number of para-hydroxylation sites is 1. The van der Waals surface area contributed by atoms with Crippen LogP contribution in [0.5, 0.6) is 0 Å². The van der Waals surface area contributed by atoms with Crippen LogP contribution in [-0.4, -0.2) is 11.7 Å². The van der Waals surface area contributed by atoms with Gasteiger partial charge in [0.2, 0.25) is 0 Å². The molecule has 0 radical (unpaired) electrons. The topological polar surface area (TPSA) is 32.3 Å². The minimum absolute atomic E-state index is 0.0835. The van der Waals surface area contributed by atoms with Gasteiger partial charge in [0, 0.05) is 0 Å². The highest BCUT2D eigenvalue weighted by Crippen LogP contribution is 2.22. The maximum atomic E-state index is 13.6. The average molecular weight is 259 g/mol. The summed E-state index contributed by atoms with van der Waals surface area (Å²) in [7, 11) is 0. The van der Waals surface area contributed by atoms with Crippen LogP contribution in [0.15, 0.2) is 48.5 Å². The number of aliphatic hydroxyl groups excluding tert-OH is 1. The lowest BCUT2D eigenvalue weighted by atomic mass is 10.0. The van der Waals surface area contributed by atoms with Gasteiger partial charge in [0.25, 0.3) is 0 Å². The van der Waals surface area contributed by atoms with E-state index < -0.39 is 0 Å². The molecule has 0 aromatic heterocycles. The number of nitrogens with one attached hydrogen (secondary N) is 1. The van der Waals surface area contributed by atoms with E-state index in [1.807, 2.05) is 24.3 Å². The smallest absolute Gasteiger partial charge is 0.146 e. The van der Waals surface area contributed by atoms with E-state index in [4.69, 9.17) is 0 Å². The molecule has 2 rings (SSSR count). The van der Waals surface area contributed by atoms with Crippen LogP contribution in [-0.2, 0) is 6.42 Å². The molecule has 0 aliphatic rings. The summed E-state index contributed by atoms with van der Waals surface area (Å²) in [5.41, 5.74) is 2.59. The van der Waals surface area contributed by atoms with Crippen molar-refractivity contribution in [3.05, 3.63) is 65.5 Å². The maximum absolute atomic E-state index is 13.6. The quantitative estimate of drug-likeness (QED) is 0.861. The lowest BCUT2D eigenvalue weighted by Gasteiger charge is -2.18. The van der Waals surface area contributed by atoms with Gasteiger partial charge in [-0.05, 0) is 29.7 Å². The van der Waals surface area contributed by atoms with Gasteiger partial charge in [-0.25, -0.2) is 4.39 Å². The van der Waals surface area contributed by atoms with Crippen molar-refractivity contribution in [2.75, 3.05) is 11.9 Å². The Balaban J connectivity index is 2.17. The van der Waals surface area contributed by atoms with Crippen molar-refractivity contribution < 1.29 is 9.50 Å². The predicted molar refractivity (Wildman–Crippen MR) is 75.7 cm³/mol. The zero-order valence-electron chi connectivity index (χ0n) is 10.9. The average Bonchev–Trinajstić information content (AvgIpc) is 2.47. The van der Waals surface area contributed by atoms with Crippen molar-refractivity contribution in [2.45, 2.75) is 19.4 Å². The summed E-state index contributed by atoms with van der Waals surface area (Å²) < 4.78 is 13.6. The second-order valence-corrected chi connectivity index (χ2v) is 4.45. The maximum Gasteiger partial charge on any atom is 0.146 e. The number of aryl methyl sites for hydroxylation is 1. The van der Waals surface area contributed by atoms with E-state index in [1.165, 1.54) is 11.6 Å². The van der Waals surface area contributed by atoms with Crippen molar-refractivity contribution in [3.8, 4) is 0 Å². The van der Waals surface area contributed by atoms with Gasteiger partial charge in [0.1, 0.15) is 5.82 Å². The monoisotopic (exact) mass is 259 g/mol. The molecular formula is C16H18FNO. The highest BCUT2D eigenvalue weighted by atomic mass is 19.1. The molecule has 0 spiro atoms. The van der Waals surface area contributed by atoms with Crippen LogP contribution in [0.3, 0.4) is 0 Å². The Hall–Kier alpha value is -1.87. The summed E-state index contributed by atoms with van der Waals surface area (Å²) in [5, 5.41) is 12.5. The van der Waals surface area contributed by atoms with E-state index in [1.54, 1.807) is 18.2 Å². The second-order valence-electron chi connectivity index (χ2n) is 4.45. The Kier molecular flexibility index (Phi) is 4.53. The Labute approximate surface area is 112 Å². The van der Waals surface area contributed by atoms with Gasteiger partial charge in [-0.2, -0.15) is 0 Å². The molecule has 2 nitrogen and oxygen atoms in total. The van der Waals surface area contributed by atoms with Crippen molar-refractivity contribution in [2.24, 2.45) is 0 Å². The van der Waals surface area contributed by atoms with E-state index in [2.05, 4.69) is 12.2 Å². The first-order valence-electron chi connectivity index (χ1n) is 6.45. The predicted octanol–water partition coefficient (Wildman–Crippen LogP) is 3.53. The molecule has 0 saturated carbocycles. The molecule has 0 aliphatic carbocycles. The van der Waals surface area contributed by atoms with Crippen molar-refractivity contribution >= 4 is 5.69 Å². The number of hydrogen-bond donors (Lipinski definition) is 2. The Morgan fingerprint density at radius 1 is 1.11 bits per heavy atom. The van der Waals surface area contributed by atoms with Crippen LogP contribution in [0.1, 0.15) is 24.1 Å². The fourth-order valence-electron chi connectivity index (χ4n) is 1.99. The molecule has 19 heavy (non-hydrogen) atoms. The summed E-state index contributed by atoms with van der Waals surface area (Å²) in [6, 6.07) is 14.2. The Morgan fingerprint density at radius 2 is 1.79 bits per heavy atom. The Morgan fingerprint density at radius 3 is 2.37 bits per heavy atom. The number of aliphatic hydroxyl groups is 1. The highest BCUT2D eigenvalue weighted by Gasteiger charge is 2.11. The van der Waals surface area contributed by atoms with Crippen LogP contribution in [0.25, 0.3) is 0 Å². The van der Waals surface area contributed by atoms with Gasteiger partial charge >= 0.3 is 0 Å². The van der Waals surface area contributed by atoms with E-state index in [-0.39, 0.29) is 18.5 Å². The number of anilines is 1. The largest absolute Gasteiger partial charge is 0.394 e. The molecule has 0 bridgehead atoms. The van der Waals surface area contributed by atoms with E-state index in [9.17, 15) is 9.50 Å². The SMILES string of the molecule is CCc1ccc(C(CO)Nc2ccccc2F)cc1. The van der Waals surface area contributed by atoms with Crippen LogP contribution in [0.4, 0.5) is 10.1 Å². The van der Waals surface area contributed by atoms with E-state index in [0.29, 0.717) is 5.69 Å². The molecule has 1 atom stereocenters. The first-order chi connectivity index (χ1) is 9.24. The minimum Gasteiger partial charge on any atom is -0.394 e. The summed E-state index contributed by atoms with van der Waals surface area (Å²) >= 11 is 0. The fraction of sp³-hybridized carbons (Fsp3) is 0.250. The Bertz CT molecular complexity index is 525. The third kappa shape index (κ3) is 3.32. The van der Waals surface area contributed by atoms with E-state index >= 15 is 0 Å². The molecule has 2 aromatic rings. The third-order valence-electron chi connectivity index (χ3n) is 3.18. The normalized spacial score (nSPS) is 12.2. The van der Waals surface area contributed by atoms with Gasteiger partial charge in [0.05, 0.1) is 18.3 Å². The molecular weight excluding hydrogens is 241 g/mol. The molecule has 2 aromatic carbocycles. The fourth-order valence-corrected chi connectivity index (χ4v) is 1.99. The first kappa shape index (κ1) is 13.6. The number of halogens is 1. The molecule has 1 unspecified atom stereocenters. The number of hydrogen-bond acceptors (Lipinski definition) is 2. The molecule has 100 valence electrons. The number of rotatable bonds is 5. The van der Waals surface area contributed by atoms with Crippen LogP contribution in [0.2, 0.25) is 0 Å². The highest BCUT2D eigenvalue weighted by molar-refractivity contribution is 5.47. The summed E-state index contributed by atoms with van der Waals surface area (Å²) in [4.78, 5) is 0. The third-order valence-corrected chi connectivity index (χ3v) is 3.18. The molecule has 0 fully saturated rings. The minimum atomic E-state index is -0.314. The van der Waals surface area contributed by atoms with Gasteiger partial charge in [-0.1, -0.05) is 43.3 Å². The lowest BCUT2D eigenvalue weighted by Crippen LogP contribution is -2.15. The van der Waals surface area contributed by atoms with Gasteiger partial charge < -0.3 is 10.4 Å². The molecule has 0 saturated heterocycles. The zero-order chi connectivity index (χ0) is 13.7. The van der Waals surface area contributed by atoms with Crippen molar-refractivity contribution in [1.82, 2.24) is 0 Å². The standard InChI is InChI=1S/C16H18FNO/c1-2-12-7-9-13(10-8-12)16(11-19)18-15-6-4-3-5-14(15)17/h3-10,16,18-19H,2,11H2,1H3. The van der Waals surface area contributed by atoms with E-state index in [0.717, 1.165) is 12.0 Å². The van der Waals surface area contributed by atoms with Crippen molar-refractivity contribution in [3.63, 3.8) is 0 Å². The van der Waals surface area contributed by atoms with Gasteiger partial charge in [0.15, 0.2) is 0 Å². The van der Waals surface area contributed by atoms with Crippen LogP contribution >= 0.6 is 0 Å². The molecule has 0 amide bonds. The molecule has 2 N–H and O–H groups in total. The van der Waals surface area contributed by atoms with Crippen LogP contribution in [0, 0.1) is 5.82 Å². The first-order valence-corrected chi connectivity index (χ1v) is 6.45. The lowest BCUT2D eigenvalue weighted by molar-refractivity contribution is 0.276. The summed E-state index contributed by atoms with van der Waals surface area (Å²) in [6.45, 7) is 2.01. The summed E-state index contributed by atoms with van der Waals surface area (Å²) in [5.74, 6) is -0.314. The van der Waals surface area contributed by atoms with Gasteiger partial charge in [-0.15, -0.1) is 0 Å². The van der Waals surface area contributed by atoms with Crippen LogP contribution < -0.4 is 5.32 Å². The van der Waals surface area contributed by atoms with Gasteiger partial charge in [-0.3, -0.25) is 0 Å². The zero-order valence-corrected chi connectivity index (χ0v) is 10.9. The molecule has 0 aliphatic heterocycles. The second kappa shape index (κ2) is 6.34. The summed E-state index contributed by atoms with van der Waals surface area (Å²) in [6.07, 6.45) is 0.977.